The number of phosphoric acid groups is 1. The van der Waals surface area contributed by atoms with Crippen LogP contribution < -0.4 is 0 Å². The number of esters is 2. The smallest absolute Gasteiger partial charge is 0.461 e. The van der Waals surface area contributed by atoms with Crippen molar-refractivity contribution >= 4 is 19.8 Å². The van der Waals surface area contributed by atoms with Crippen LogP contribution in [0.15, 0.2) is 49.6 Å². The highest BCUT2D eigenvalue weighted by Crippen LogP contribution is 2.43. The number of quaternary nitrogens is 1. The topological polar surface area (TPSA) is 108 Å². The molecule has 0 aromatic rings. The normalized spacial score (nSPS) is 14.3. The lowest BCUT2D eigenvalue weighted by Gasteiger charge is -2.24. The molecule has 10 heteroatoms. The molecule has 38 heavy (non-hydrogen) atoms. The first-order valence-corrected chi connectivity index (χ1v) is 14.8. The van der Waals surface area contributed by atoms with Crippen LogP contribution in [0.5, 0.6) is 0 Å². The minimum absolute atomic E-state index is 0.0126. The van der Waals surface area contributed by atoms with Crippen LogP contribution in [0.2, 0.25) is 0 Å². The Morgan fingerprint density at radius 2 is 1.47 bits per heavy atom. The predicted molar refractivity (Wildman–Crippen MR) is 150 cm³/mol. The van der Waals surface area contributed by atoms with E-state index in [0.717, 1.165) is 38.5 Å². The van der Waals surface area contributed by atoms with Crippen LogP contribution in [0.3, 0.4) is 0 Å². The van der Waals surface area contributed by atoms with E-state index in [1.807, 2.05) is 27.2 Å². The van der Waals surface area contributed by atoms with Gasteiger partial charge in [-0.25, -0.2) is 4.57 Å². The summed E-state index contributed by atoms with van der Waals surface area (Å²) in [5.74, 6) is -1.01. The Labute approximate surface area is 229 Å². The van der Waals surface area contributed by atoms with Crippen molar-refractivity contribution in [1.29, 1.82) is 0 Å². The lowest BCUT2D eigenvalue weighted by molar-refractivity contribution is -0.870. The van der Waals surface area contributed by atoms with Crippen molar-refractivity contribution in [2.75, 3.05) is 47.5 Å². The number of hydrogen-bond acceptors (Lipinski definition) is 7. The molecule has 0 aliphatic rings. The Hall–Kier alpha value is -2.03. The fraction of sp³-hybridized carbons (Fsp3) is 0.643. The maximum atomic E-state index is 12.4. The van der Waals surface area contributed by atoms with Crippen molar-refractivity contribution in [3.8, 4) is 0 Å². The summed E-state index contributed by atoms with van der Waals surface area (Å²) in [6.45, 7) is 6.94. The van der Waals surface area contributed by atoms with Gasteiger partial charge in [-0.05, 0) is 19.3 Å². The van der Waals surface area contributed by atoms with E-state index in [0.29, 0.717) is 17.4 Å². The highest BCUT2D eigenvalue weighted by molar-refractivity contribution is 7.47. The number of carbonyl (C=O) groups is 2. The van der Waals surface area contributed by atoms with Crippen molar-refractivity contribution < 1.29 is 42.1 Å². The van der Waals surface area contributed by atoms with Crippen molar-refractivity contribution in [2.24, 2.45) is 0 Å². The molecule has 0 aliphatic heterocycles. The highest BCUT2D eigenvalue weighted by Gasteiger charge is 2.26. The second-order valence-electron chi connectivity index (χ2n) is 9.95. The number of likely N-dealkylation sites (N-methyl/N-ethyl adjacent to an activating group) is 1. The molecule has 0 aliphatic carbocycles. The van der Waals surface area contributed by atoms with Crippen molar-refractivity contribution in [3.05, 3.63) is 49.6 Å². The first-order chi connectivity index (χ1) is 18.0. The number of unbranched alkanes of at least 4 members (excludes halogenated alkanes) is 7. The zero-order valence-corrected chi connectivity index (χ0v) is 24.4. The molecule has 2 atom stereocenters. The zero-order chi connectivity index (χ0) is 28.7. The van der Waals surface area contributed by atoms with Crippen LogP contribution in [0.25, 0.3) is 0 Å². The largest absolute Gasteiger partial charge is 0.472 e. The van der Waals surface area contributed by atoms with E-state index in [4.69, 9.17) is 18.5 Å². The maximum absolute atomic E-state index is 12.4. The van der Waals surface area contributed by atoms with E-state index in [-0.39, 0.29) is 26.1 Å². The van der Waals surface area contributed by atoms with Crippen LogP contribution in [-0.4, -0.2) is 74.9 Å². The lowest BCUT2D eigenvalue weighted by Crippen LogP contribution is -2.37. The number of rotatable bonds is 24. The highest BCUT2D eigenvalue weighted by atomic mass is 31.2. The first kappa shape index (κ1) is 36.0. The third kappa shape index (κ3) is 24.3. The molecule has 0 spiro atoms. The summed E-state index contributed by atoms with van der Waals surface area (Å²) >= 11 is 0. The molecule has 0 saturated carbocycles. The summed E-state index contributed by atoms with van der Waals surface area (Å²) in [6, 6.07) is 0. The minimum Gasteiger partial charge on any atom is -0.461 e. The Kier molecular flexibility index (Phi) is 20.7. The van der Waals surface area contributed by atoms with Crippen molar-refractivity contribution in [3.63, 3.8) is 0 Å². The standard InChI is InChI=1S/C28H48NO8P/c1-6-8-10-11-12-13-14-15-16-17-19-21-28(31)37-26(24-34-27(30)20-18-9-7-2)25-36-38(32,33)35-23-22-29(3,4)5/h6-10,18,26H,1-2,11-17,19-25H2,3-5H3/p+1/b10-8+,18-9+. The molecule has 218 valence electrons. The van der Waals surface area contributed by atoms with Gasteiger partial charge in [0.25, 0.3) is 0 Å². The second-order valence-corrected chi connectivity index (χ2v) is 11.4. The molecule has 0 bridgehead atoms. The molecule has 0 amide bonds. The predicted octanol–water partition coefficient (Wildman–Crippen LogP) is 5.67. The Bertz CT molecular complexity index is 788. The number of hydrogen-bond donors (Lipinski definition) is 1. The molecule has 0 heterocycles. The first-order valence-electron chi connectivity index (χ1n) is 13.3. The average molecular weight is 559 g/mol. The van der Waals surface area contributed by atoms with Gasteiger partial charge in [0, 0.05) is 6.42 Å². The molecule has 9 nitrogen and oxygen atoms in total. The quantitative estimate of drug-likeness (QED) is 0.0531. The molecule has 0 aromatic heterocycles. The Morgan fingerprint density at radius 3 is 2.11 bits per heavy atom. The van der Waals surface area contributed by atoms with Gasteiger partial charge in [-0.2, -0.15) is 0 Å². The van der Waals surface area contributed by atoms with Gasteiger partial charge in [-0.3, -0.25) is 18.6 Å². The molecule has 1 N–H and O–H groups in total. The van der Waals surface area contributed by atoms with Gasteiger partial charge in [0.15, 0.2) is 6.10 Å². The van der Waals surface area contributed by atoms with Gasteiger partial charge in [0.05, 0.1) is 34.2 Å². The summed E-state index contributed by atoms with van der Waals surface area (Å²) < 4.78 is 33.3. The van der Waals surface area contributed by atoms with Crippen LogP contribution in [0, 0.1) is 0 Å². The lowest BCUT2D eigenvalue weighted by atomic mass is 10.1. The molecule has 0 aromatic carbocycles. The molecule has 2 unspecified atom stereocenters. The molecule has 0 saturated heterocycles. The number of allylic oxidation sites excluding steroid dienone is 5. The zero-order valence-electron chi connectivity index (χ0n) is 23.6. The summed E-state index contributed by atoms with van der Waals surface area (Å²) in [7, 11) is 1.40. The van der Waals surface area contributed by atoms with Crippen LogP contribution in [0.4, 0.5) is 0 Å². The number of phosphoric ester groups is 1. The number of ether oxygens (including phenoxy) is 2. The average Bonchev–Trinajstić information content (AvgIpc) is 2.83. The molecule has 0 rings (SSSR count). The van der Waals surface area contributed by atoms with E-state index in [2.05, 4.69) is 19.2 Å². The van der Waals surface area contributed by atoms with Gasteiger partial charge in [0.1, 0.15) is 19.8 Å². The summed E-state index contributed by atoms with van der Waals surface area (Å²) in [6.07, 6.45) is 18.1. The summed E-state index contributed by atoms with van der Waals surface area (Å²) in [4.78, 5) is 34.2. The van der Waals surface area contributed by atoms with Crippen molar-refractivity contribution in [2.45, 2.75) is 70.3 Å². The maximum Gasteiger partial charge on any atom is 0.472 e. The molecule has 0 radical (unpaired) electrons. The van der Waals surface area contributed by atoms with Crippen molar-refractivity contribution in [1.82, 2.24) is 0 Å². The fourth-order valence-corrected chi connectivity index (χ4v) is 3.86. The van der Waals surface area contributed by atoms with Gasteiger partial charge in [-0.15, -0.1) is 0 Å². The third-order valence-corrected chi connectivity index (χ3v) is 6.23. The monoisotopic (exact) mass is 558 g/mol. The SMILES string of the molecule is C=C/C=C/CCCCCCCCCC(=O)OC(COC(=O)C/C=C/C=C)COP(=O)(O)OCC[N+](C)(C)C. The third-order valence-electron chi connectivity index (χ3n) is 5.25. The van der Waals surface area contributed by atoms with Gasteiger partial charge < -0.3 is 18.9 Å². The van der Waals surface area contributed by atoms with Gasteiger partial charge in [0.2, 0.25) is 0 Å². The van der Waals surface area contributed by atoms with E-state index in [9.17, 15) is 19.0 Å². The number of nitrogens with zero attached hydrogens (tertiary/aromatic N) is 1. The summed E-state index contributed by atoms with van der Waals surface area (Å²) in [5.41, 5.74) is 0. The van der Waals surface area contributed by atoms with Crippen LogP contribution in [0.1, 0.15) is 64.2 Å². The van der Waals surface area contributed by atoms with Gasteiger partial charge >= 0.3 is 19.8 Å². The van der Waals surface area contributed by atoms with E-state index in [1.165, 1.54) is 12.5 Å². The minimum atomic E-state index is -4.37. The fourth-order valence-electron chi connectivity index (χ4n) is 3.12. The van der Waals surface area contributed by atoms with E-state index < -0.39 is 32.5 Å². The van der Waals surface area contributed by atoms with E-state index in [1.54, 1.807) is 18.2 Å². The van der Waals surface area contributed by atoms with Crippen LogP contribution in [-0.2, 0) is 32.7 Å². The molecular formula is C28H49NO8P+. The van der Waals surface area contributed by atoms with Gasteiger partial charge in [-0.1, -0.05) is 81.7 Å². The van der Waals surface area contributed by atoms with Crippen LogP contribution >= 0.6 is 7.82 Å². The van der Waals surface area contributed by atoms with E-state index >= 15 is 0 Å². The number of carbonyl (C=O) groups excluding carboxylic acids is 2. The molecule has 0 fully saturated rings. The summed E-state index contributed by atoms with van der Waals surface area (Å²) in [5, 5.41) is 0. The Balaban J connectivity index is 4.51. The molecular weight excluding hydrogens is 509 g/mol. The second kappa shape index (κ2) is 21.9. The Morgan fingerprint density at radius 1 is 0.868 bits per heavy atom.